The molecule has 5 rings (SSSR count). The fourth-order valence-electron chi connectivity index (χ4n) is 4.46. The van der Waals surface area contributed by atoms with Crippen molar-refractivity contribution in [3.63, 3.8) is 0 Å². The van der Waals surface area contributed by atoms with Crippen LogP contribution in [0.5, 0.6) is 5.75 Å². The first-order valence-electron chi connectivity index (χ1n) is 11.5. The Labute approximate surface area is 214 Å². The van der Waals surface area contributed by atoms with Crippen molar-refractivity contribution in [2.45, 2.75) is 12.6 Å². The lowest BCUT2D eigenvalue weighted by atomic mass is 10.0. The molecule has 4 aromatic rings. The summed E-state index contributed by atoms with van der Waals surface area (Å²) in [4.78, 5) is 39.8. The number of nitrogens with zero attached hydrogens (tertiary/aromatic N) is 1. The molecule has 0 spiro atoms. The Bertz CT molecular complexity index is 1580. The van der Waals surface area contributed by atoms with Gasteiger partial charge in [-0.15, -0.1) is 0 Å². The van der Waals surface area contributed by atoms with Gasteiger partial charge in [0.1, 0.15) is 12.2 Å². The molecule has 0 unspecified atom stereocenters. The fourth-order valence-corrected chi connectivity index (χ4v) is 4.46. The smallest absolute Gasteiger partial charge is 0.417 e. The lowest BCUT2D eigenvalue weighted by molar-refractivity contribution is -0.138. The number of nitrogens with one attached hydrogen (secondary N) is 2. The Balaban J connectivity index is 1.51. The SMILES string of the molecule is COc1cccc(C(F)(F)F)c1C(=O)Nc1ccc(N2C(=O)CC(=O)Nc3ccc4ccccc4c32)cc1. The summed E-state index contributed by atoms with van der Waals surface area (Å²) in [6.07, 6.45) is -5.14. The van der Waals surface area contributed by atoms with Crippen molar-refractivity contribution in [3.05, 3.63) is 90.0 Å². The van der Waals surface area contributed by atoms with Crippen molar-refractivity contribution in [1.29, 1.82) is 0 Å². The third kappa shape index (κ3) is 4.52. The van der Waals surface area contributed by atoms with Crippen molar-refractivity contribution in [3.8, 4) is 5.75 Å². The number of ether oxygens (including phenoxy) is 1. The molecule has 10 heteroatoms. The van der Waals surface area contributed by atoms with Gasteiger partial charge in [-0.2, -0.15) is 13.2 Å². The van der Waals surface area contributed by atoms with Crippen LogP contribution in [0.2, 0.25) is 0 Å². The molecular formula is C28H20F3N3O4. The minimum atomic E-state index is -4.76. The minimum absolute atomic E-state index is 0.201. The van der Waals surface area contributed by atoms with E-state index in [9.17, 15) is 27.6 Å². The highest BCUT2D eigenvalue weighted by Gasteiger charge is 2.37. The molecule has 7 nitrogen and oxygen atoms in total. The van der Waals surface area contributed by atoms with Crippen LogP contribution in [-0.4, -0.2) is 24.8 Å². The second-order valence-electron chi connectivity index (χ2n) is 8.52. The van der Waals surface area contributed by atoms with Gasteiger partial charge in [0.05, 0.1) is 29.6 Å². The van der Waals surface area contributed by atoms with E-state index in [4.69, 9.17) is 4.74 Å². The molecule has 1 aliphatic rings. The van der Waals surface area contributed by atoms with Gasteiger partial charge in [-0.1, -0.05) is 36.4 Å². The van der Waals surface area contributed by atoms with E-state index in [1.165, 1.54) is 30.2 Å². The zero-order valence-corrected chi connectivity index (χ0v) is 19.9. The van der Waals surface area contributed by atoms with Crippen molar-refractivity contribution in [2.24, 2.45) is 0 Å². The number of amides is 3. The van der Waals surface area contributed by atoms with Gasteiger partial charge in [-0.05, 0) is 47.9 Å². The molecule has 0 aromatic heterocycles. The molecular weight excluding hydrogens is 499 g/mol. The summed E-state index contributed by atoms with van der Waals surface area (Å²) in [6.45, 7) is 0. The molecule has 0 radical (unpaired) electrons. The topological polar surface area (TPSA) is 87.7 Å². The third-order valence-electron chi connectivity index (χ3n) is 6.12. The van der Waals surface area contributed by atoms with Crippen molar-refractivity contribution < 1.29 is 32.3 Å². The monoisotopic (exact) mass is 519 g/mol. The van der Waals surface area contributed by atoms with Gasteiger partial charge in [-0.3, -0.25) is 19.3 Å². The maximum atomic E-state index is 13.6. The van der Waals surface area contributed by atoms with Gasteiger partial charge in [-0.25, -0.2) is 0 Å². The molecule has 0 atom stereocenters. The number of hydrogen-bond acceptors (Lipinski definition) is 4. The van der Waals surface area contributed by atoms with Crippen LogP contribution >= 0.6 is 0 Å². The third-order valence-corrected chi connectivity index (χ3v) is 6.12. The number of halogens is 3. The predicted octanol–water partition coefficient (Wildman–Crippen LogP) is 6.13. The summed E-state index contributed by atoms with van der Waals surface area (Å²) < 4.78 is 45.7. The van der Waals surface area contributed by atoms with E-state index in [0.717, 1.165) is 22.9 Å². The van der Waals surface area contributed by atoms with Crippen molar-refractivity contribution >= 4 is 51.2 Å². The van der Waals surface area contributed by atoms with E-state index in [2.05, 4.69) is 10.6 Å². The quantitative estimate of drug-likeness (QED) is 0.318. The first-order valence-corrected chi connectivity index (χ1v) is 11.5. The number of carbonyl (C=O) groups excluding carboxylic acids is 3. The summed E-state index contributed by atoms with van der Waals surface area (Å²) >= 11 is 0. The molecule has 0 fully saturated rings. The number of anilines is 4. The number of rotatable bonds is 4. The number of hydrogen-bond donors (Lipinski definition) is 2. The molecule has 192 valence electrons. The zero-order valence-electron chi connectivity index (χ0n) is 19.9. The Hall–Kier alpha value is -4.86. The van der Waals surface area contributed by atoms with E-state index in [1.54, 1.807) is 18.2 Å². The van der Waals surface area contributed by atoms with E-state index < -0.39 is 35.0 Å². The molecule has 0 aliphatic carbocycles. The Morgan fingerprint density at radius 2 is 1.68 bits per heavy atom. The highest BCUT2D eigenvalue weighted by molar-refractivity contribution is 6.21. The van der Waals surface area contributed by atoms with Gasteiger partial charge in [0.25, 0.3) is 5.91 Å². The molecule has 2 N–H and O–H groups in total. The van der Waals surface area contributed by atoms with Crippen LogP contribution in [0.4, 0.5) is 35.9 Å². The number of benzene rings is 4. The molecule has 4 aromatic carbocycles. The van der Waals surface area contributed by atoms with Crippen molar-refractivity contribution in [2.75, 3.05) is 22.6 Å². The fraction of sp³-hybridized carbons (Fsp3) is 0.107. The number of methoxy groups -OCH3 is 1. The van der Waals surface area contributed by atoms with Crippen LogP contribution in [0.25, 0.3) is 10.8 Å². The molecule has 3 amide bonds. The van der Waals surface area contributed by atoms with Gasteiger partial charge in [0, 0.05) is 16.8 Å². The van der Waals surface area contributed by atoms with E-state index >= 15 is 0 Å². The Morgan fingerprint density at radius 1 is 0.947 bits per heavy atom. The summed E-state index contributed by atoms with van der Waals surface area (Å²) in [5.41, 5.74) is -0.184. The van der Waals surface area contributed by atoms with Crippen LogP contribution in [0, 0.1) is 0 Å². The zero-order chi connectivity index (χ0) is 27.0. The number of carbonyl (C=O) groups is 3. The summed E-state index contributed by atoms with van der Waals surface area (Å²) in [7, 11) is 1.18. The van der Waals surface area contributed by atoms with E-state index in [0.29, 0.717) is 17.1 Å². The molecule has 1 heterocycles. The molecule has 0 saturated carbocycles. The average Bonchev–Trinajstić information content (AvgIpc) is 3.02. The standard InChI is InChI=1S/C28H20F3N3O4/c1-38-22-8-4-7-20(28(29,30)31)25(22)27(37)32-17-10-12-18(13-11-17)34-24(36)15-23(35)33-21-14-9-16-5-2-3-6-19(16)26(21)34/h2-14H,15H2,1H3,(H,32,37)(H,33,35). The summed E-state index contributed by atoms with van der Waals surface area (Å²) in [6, 6.07) is 20.2. The van der Waals surface area contributed by atoms with E-state index in [1.807, 2.05) is 30.3 Å². The maximum Gasteiger partial charge on any atom is 0.417 e. The highest BCUT2D eigenvalue weighted by Crippen LogP contribution is 2.41. The molecule has 0 bridgehead atoms. The van der Waals surface area contributed by atoms with Crippen molar-refractivity contribution in [1.82, 2.24) is 0 Å². The first-order chi connectivity index (χ1) is 18.2. The van der Waals surface area contributed by atoms with Crippen LogP contribution in [-0.2, 0) is 15.8 Å². The minimum Gasteiger partial charge on any atom is -0.496 e. The number of alkyl halides is 3. The summed E-state index contributed by atoms with van der Waals surface area (Å²) in [5, 5.41) is 6.84. The molecule has 38 heavy (non-hydrogen) atoms. The Morgan fingerprint density at radius 3 is 2.39 bits per heavy atom. The number of fused-ring (bicyclic) bond motifs is 3. The highest BCUT2D eigenvalue weighted by atomic mass is 19.4. The van der Waals surface area contributed by atoms with E-state index in [-0.39, 0.29) is 17.9 Å². The van der Waals surface area contributed by atoms with Crippen LogP contribution in [0.15, 0.2) is 78.9 Å². The van der Waals surface area contributed by atoms with Crippen LogP contribution in [0.1, 0.15) is 22.3 Å². The normalized spacial score (nSPS) is 13.5. The van der Waals surface area contributed by atoms with Gasteiger partial charge in [0.15, 0.2) is 0 Å². The van der Waals surface area contributed by atoms with Gasteiger partial charge < -0.3 is 15.4 Å². The summed E-state index contributed by atoms with van der Waals surface area (Å²) in [5.74, 6) is -2.13. The average molecular weight is 519 g/mol. The lowest BCUT2D eigenvalue weighted by Crippen LogP contribution is -2.26. The molecule has 1 aliphatic heterocycles. The largest absolute Gasteiger partial charge is 0.496 e. The van der Waals surface area contributed by atoms with Gasteiger partial charge >= 0.3 is 6.18 Å². The Kier molecular flexibility index (Phi) is 6.23. The van der Waals surface area contributed by atoms with Gasteiger partial charge in [0.2, 0.25) is 11.8 Å². The predicted molar refractivity (Wildman–Crippen MR) is 137 cm³/mol. The lowest BCUT2D eigenvalue weighted by Gasteiger charge is -2.24. The van der Waals surface area contributed by atoms with Crippen LogP contribution < -0.4 is 20.3 Å². The second-order valence-corrected chi connectivity index (χ2v) is 8.52. The first kappa shape index (κ1) is 24.8. The van der Waals surface area contributed by atoms with Crippen LogP contribution in [0.3, 0.4) is 0 Å². The second kappa shape index (κ2) is 9.55. The molecule has 0 saturated heterocycles. The maximum absolute atomic E-state index is 13.6.